The lowest BCUT2D eigenvalue weighted by Gasteiger charge is -2.25. The number of thiophene rings is 1. The molecule has 2 heterocycles. The van der Waals surface area contributed by atoms with Gasteiger partial charge in [0.05, 0.1) is 35.6 Å². The Bertz CT molecular complexity index is 1520. The van der Waals surface area contributed by atoms with E-state index in [0.29, 0.717) is 47.1 Å². The van der Waals surface area contributed by atoms with Crippen molar-refractivity contribution in [2.45, 2.75) is 43.4 Å². The van der Waals surface area contributed by atoms with E-state index in [1.165, 1.54) is 49.3 Å². The molecule has 1 aliphatic rings. The number of thioether (sulfide) groups is 1. The number of carboxylic acids is 1. The third kappa shape index (κ3) is 6.77. The van der Waals surface area contributed by atoms with Gasteiger partial charge in [-0.05, 0) is 48.7 Å². The molecule has 12 heteroatoms. The normalized spacial score (nSPS) is 13.1. The molecule has 3 amide bonds. The molecule has 0 saturated heterocycles. The van der Waals surface area contributed by atoms with Gasteiger partial charge in [-0.1, -0.05) is 25.1 Å². The maximum Gasteiger partial charge on any atom is 0.341 e. The molecular formula is C29H29N3O7S2. The minimum Gasteiger partial charge on any atom is -0.478 e. The number of fused-ring (bicyclic) bond motifs is 1. The summed E-state index contributed by atoms with van der Waals surface area (Å²) in [5.74, 6) is -2.65. The Hall–Kier alpha value is -4.16. The monoisotopic (exact) mass is 595 g/mol. The second kappa shape index (κ2) is 13.0. The van der Waals surface area contributed by atoms with Crippen molar-refractivity contribution in [1.82, 2.24) is 4.90 Å². The second-order valence-electron chi connectivity index (χ2n) is 9.23. The van der Waals surface area contributed by atoms with Crippen molar-refractivity contribution in [3.05, 3.63) is 75.7 Å². The predicted octanol–water partition coefficient (Wildman–Crippen LogP) is 4.90. The first-order chi connectivity index (χ1) is 19.6. The van der Waals surface area contributed by atoms with E-state index in [1.807, 2.05) is 13.0 Å². The van der Waals surface area contributed by atoms with Gasteiger partial charge in [-0.25, -0.2) is 9.59 Å². The summed E-state index contributed by atoms with van der Waals surface area (Å²) in [6.07, 6.45) is 0.975. The number of carboxylic acid groups (broad SMARTS) is 1. The lowest BCUT2D eigenvalue weighted by molar-refractivity contribution is -0.129. The third-order valence-corrected chi connectivity index (χ3v) is 9.05. The van der Waals surface area contributed by atoms with Crippen LogP contribution < -0.4 is 10.6 Å². The van der Waals surface area contributed by atoms with Crippen LogP contribution in [0.1, 0.15) is 61.8 Å². The van der Waals surface area contributed by atoms with Crippen LogP contribution in [0.5, 0.6) is 0 Å². The van der Waals surface area contributed by atoms with E-state index in [0.717, 1.165) is 10.4 Å². The molecule has 41 heavy (non-hydrogen) atoms. The predicted molar refractivity (Wildman–Crippen MR) is 157 cm³/mol. The van der Waals surface area contributed by atoms with Crippen LogP contribution in [0.2, 0.25) is 0 Å². The molecule has 0 aliphatic carbocycles. The number of hydrogen-bond donors (Lipinski definition) is 3. The molecule has 0 fully saturated rings. The molecule has 0 saturated carbocycles. The van der Waals surface area contributed by atoms with Crippen molar-refractivity contribution in [2.24, 2.45) is 0 Å². The Morgan fingerprint density at radius 2 is 1.80 bits per heavy atom. The molecule has 0 radical (unpaired) electrons. The van der Waals surface area contributed by atoms with Crippen LogP contribution in [0.25, 0.3) is 0 Å². The number of nitrogens with one attached hydrogen (secondary N) is 2. The van der Waals surface area contributed by atoms with E-state index in [9.17, 15) is 29.1 Å². The molecule has 0 bridgehead atoms. The highest BCUT2D eigenvalue weighted by Gasteiger charge is 2.31. The number of hydrogen-bond acceptors (Lipinski definition) is 8. The molecule has 1 aliphatic heterocycles. The van der Waals surface area contributed by atoms with E-state index < -0.39 is 23.1 Å². The first-order valence-electron chi connectivity index (χ1n) is 12.8. The average molecular weight is 596 g/mol. The summed E-state index contributed by atoms with van der Waals surface area (Å²) in [5.41, 5.74) is 1.51. The number of carbonyl (C=O) groups is 5. The Labute approximate surface area is 245 Å². The molecular weight excluding hydrogens is 566 g/mol. The lowest BCUT2D eigenvalue weighted by Crippen LogP contribution is -2.34. The molecule has 4 rings (SSSR count). The van der Waals surface area contributed by atoms with Gasteiger partial charge in [0.2, 0.25) is 11.8 Å². The molecule has 3 aromatic rings. The summed E-state index contributed by atoms with van der Waals surface area (Å²) < 4.78 is 5.00. The highest BCUT2D eigenvalue weighted by Crippen LogP contribution is 2.38. The van der Waals surface area contributed by atoms with Gasteiger partial charge < -0.3 is 25.4 Å². The van der Waals surface area contributed by atoms with Crippen molar-refractivity contribution < 1.29 is 33.8 Å². The fourth-order valence-electron chi connectivity index (χ4n) is 4.47. The smallest absolute Gasteiger partial charge is 0.341 e. The minimum absolute atomic E-state index is 0.0374. The Morgan fingerprint density at radius 3 is 2.46 bits per heavy atom. The van der Waals surface area contributed by atoms with Crippen LogP contribution in [-0.4, -0.2) is 58.6 Å². The number of anilines is 2. The van der Waals surface area contributed by atoms with Gasteiger partial charge in [0, 0.05) is 28.9 Å². The molecule has 1 unspecified atom stereocenters. The van der Waals surface area contributed by atoms with Crippen molar-refractivity contribution in [3.8, 4) is 0 Å². The van der Waals surface area contributed by atoms with Gasteiger partial charge in [-0.3, -0.25) is 14.4 Å². The zero-order valence-electron chi connectivity index (χ0n) is 22.7. The molecule has 2 aromatic carbocycles. The zero-order valence-corrected chi connectivity index (χ0v) is 24.3. The van der Waals surface area contributed by atoms with Crippen LogP contribution >= 0.6 is 23.1 Å². The van der Waals surface area contributed by atoms with E-state index in [-0.39, 0.29) is 22.9 Å². The van der Waals surface area contributed by atoms with Gasteiger partial charge in [-0.15, -0.1) is 23.1 Å². The number of ether oxygens (including phenoxy) is 1. The van der Waals surface area contributed by atoms with Crippen molar-refractivity contribution >= 4 is 63.4 Å². The fourth-order valence-corrected chi connectivity index (χ4v) is 6.74. The molecule has 1 aromatic heterocycles. The number of esters is 1. The van der Waals surface area contributed by atoms with Crippen LogP contribution in [0.4, 0.5) is 10.7 Å². The maximum absolute atomic E-state index is 13.4. The number of amides is 3. The summed E-state index contributed by atoms with van der Waals surface area (Å²) in [6, 6.07) is 12.9. The van der Waals surface area contributed by atoms with Gasteiger partial charge in [0.15, 0.2) is 0 Å². The third-order valence-electron chi connectivity index (χ3n) is 6.56. The Kier molecular flexibility index (Phi) is 9.46. The van der Waals surface area contributed by atoms with Crippen molar-refractivity contribution in [1.29, 1.82) is 0 Å². The van der Waals surface area contributed by atoms with E-state index in [4.69, 9.17) is 4.74 Å². The van der Waals surface area contributed by atoms with Crippen molar-refractivity contribution in [2.75, 3.05) is 24.3 Å². The average Bonchev–Trinajstić information content (AvgIpc) is 3.32. The SMILES string of the molecule is CCC(Sc1cccc(NC(=O)c2ccccc2C(=O)O)c1)C(=O)Nc1sc2c(c1C(=O)OC)CCN(C(C)=O)C2. The quantitative estimate of drug-likeness (QED) is 0.234. The summed E-state index contributed by atoms with van der Waals surface area (Å²) in [4.78, 5) is 65.5. The van der Waals surface area contributed by atoms with Crippen molar-refractivity contribution in [3.63, 3.8) is 0 Å². The Balaban J connectivity index is 1.50. The summed E-state index contributed by atoms with van der Waals surface area (Å²) >= 11 is 2.57. The lowest BCUT2D eigenvalue weighted by atomic mass is 10.0. The van der Waals surface area contributed by atoms with E-state index >= 15 is 0 Å². The largest absolute Gasteiger partial charge is 0.478 e. The zero-order chi connectivity index (χ0) is 29.7. The highest BCUT2D eigenvalue weighted by molar-refractivity contribution is 8.00. The molecule has 3 N–H and O–H groups in total. The van der Waals surface area contributed by atoms with Crippen LogP contribution in [0, 0.1) is 0 Å². The number of methoxy groups -OCH3 is 1. The number of carbonyl (C=O) groups excluding carboxylic acids is 4. The van der Waals surface area contributed by atoms with Gasteiger partial charge >= 0.3 is 11.9 Å². The van der Waals surface area contributed by atoms with Crippen LogP contribution in [0.3, 0.4) is 0 Å². The summed E-state index contributed by atoms with van der Waals surface area (Å²) in [6.45, 7) is 4.23. The molecule has 1 atom stereocenters. The number of rotatable bonds is 9. The van der Waals surface area contributed by atoms with Gasteiger partial charge in [0.25, 0.3) is 5.91 Å². The first-order valence-corrected chi connectivity index (χ1v) is 14.5. The molecule has 0 spiro atoms. The maximum atomic E-state index is 13.4. The van der Waals surface area contributed by atoms with Crippen LogP contribution in [-0.2, 0) is 27.3 Å². The number of nitrogens with zero attached hydrogens (tertiary/aromatic N) is 1. The fraction of sp³-hybridized carbons (Fsp3) is 0.276. The topological polar surface area (TPSA) is 142 Å². The number of aromatic carboxylic acids is 1. The highest BCUT2D eigenvalue weighted by atomic mass is 32.2. The molecule has 214 valence electrons. The van der Waals surface area contributed by atoms with Gasteiger partial charge in [0.1, 0.15) is 5.00 Å². The number of benzene rings is 2. The summed E-state index contributed by atoms with van der Waals surface area (Å²) in [5, 5.41) is 14.9. The molecule has 10 nitrogen and oxygen atoms in total. The standard InChI is InChI=1S/C29H29N3O7S2/c1-4-22(26(35)31-27-24(29(38)39-3)21-12-13-32(16(2)33)15-23(21)41-27)40-18-9-7-8-17(14-18)30-25(34)19-10-5-6-11-20(19)28(36)37/h5-11,14,22H,4,12-13,15H2,1-3H3,(H,30,34)(H,31,35)(H,36,37). The van der Waals surface area contributed by atoms with E-state index in [1.54, 1.807) is 35.2 Å². The van der Waals surface area contributed by atoms with Crippen LogP contribution in [0.15, 0.2) is 53.4 Å². The van der Waals surface area contributed by atoms with E-state index in [2.05, 4.69) is 10.6 Å². The minimum atomic E-state index is -1.20. The second-order valence-corrected chi connectivity index (χ2v) is 11.6. The van der Waals surface area contributed by atoms with Gasteiger partial charge in [-0.2, -0.15) is 0 Å². The first kappa shape index (κ1) is 29.8. The Morgan fingerprint density at radius 1 is 1.07 bits per heavy atom. The summed E-state index contributed by atoms with van der Waals surface area (Å²) in [7, 11) is 1.29.